The first-order chi connectivity index (χ1) is 4.61. The Bertz CT molecular complexity index is 116. The standard InChI is InChI=1S/C7H16N2O/c1-5(10)6-3-9(2)4-7(6)8/h5-7,10H,3-4,8H2,1-2H3/t5-,6-,7-/m0/s1. The third-order valence-electron chi connectivity index (χ3n) is 2.21. The minimum Gasteiger partial charge on any atom is -0.393 e. The van der Waals surface area contributed by atoms with Crippen LogP contribution in [0.1, 0.15) is 6.92 Å². The minimum atomic E-state index is -0.264. The van der Waals surface area contributed by atoms with Crippen LogP contribution in [0.5, 0.6) is 0 Å². The maximum Gasteiger partial charge on any atom is 0.0567 e. The molecule has 0 aliphatic carbocycles. The highest BCUT2D eigenvalue weighted by Crippen LogP contribution is 2.16. The molecule has 1 fully saturated rings. The van der Waals surface area contributed by atoms with E-state index in [-0.39, 0.29) is 18.1 Å². The van der Waals surface area contributed by atoms with Crippen LogP contribution in [0.2, 0.25) is 0 Å². The van der Waals surface area contributed by atoms with Gasteiger partial charge in [-0.15, -0.1) is 0 Å². The number of likely N-dealkylation sites (N-methyl/N-ethyl adjacent to an activating group) is 1. The first-order valence-corrected chi connectivity index (χ1v) is 3.73. The minimum absolute atomic E-state index is 0.157. The molecule has 0 aromatic heterocycles. The lowest BCUT2D eigenvalue weighted by Gasteiger charge is -2.16. The number of nitrogens with zero attached hydrogens (tertiary/aromatic N) is 1. The molecule has 10 heavy (non-hydrogen) atoms. The van der Waals surface area contributed by atoms with Crippen molar-refractivity contribution < 1.29 is 5.11 Å². The van der Waals surface area contributed by atoms with Crippen molar-refractivity contribution in [2.45, 2.75) is 19.1 Å². The molecule has 0 saturated carbocycles. The first kappa shape index (κ1) is 7.98. The quantitative estimate of drug-likeness (QED) is 0.509. The Balaban J connectivity index is 2.46. The van der Waals surface area contributed by atoms with Gasteiger partial charge >= 0.3 is 0 Å². The number of aliphatic hydroxyl groups is 1. The zero-order chi connectivity index (χ0) is 7.72. The van der Waals surface area contributed by atoms with E-state index in [2.05, 4.69) is 4.90 Å². The Morgan fingerprint density at radius 3 is 2.40 bits per heavy atom. The predicted molar refractivity (Wildman–Crippen MR) is 40.6 cm³/mol. The molecule has 0 bridgehead atoms. The van der Waals surface area contributed by atoms with E-state index in [1.165, 1.54) is 0 Å². The van der Waals surface area contributed by atoms with Gasteiger partial charge in [0.05, 0.1) is 6.10 Å². The maximum atomic E-state index is 9.23. The maximum absolute atomic E-state index is 9.23. The molecular weight excluding hydrogens is 128 g/mol. The molecule has 1 heterocycles. The summed E-state index contributed by atoms with van der Waals surface area (Å²) in [5.41, 5.74) is 5.77. The Kier molecular flexibility index (Phi) is 2.28. The molecule has 3 N–H and O–H groups in total. The summed E-state index contributed by atoms with van der Waals surface area (Å²) in [5.74, 6) is 0.269. The van der Waals surface area contributed by atoms with Gasteiger partial charge in [0.2, 0.25) is 0 Å². The zero-order valence-electron chi connectivity index (χ0n) is 6.62. The highest BCUT2D eigenvalue weighted by molar-refractivity contribution is 4.87. The molecule has 0 aromatic rings. The predicted octanol–water partition coefficient (Wildman–Crippen LogP) is -0.744. The van der Waals surface area contributed by atoms with E-state index < -0.39 is 0 Å². The number of rotatable bonds is 1. The molecule has 3 atom stereocenters. The second kappa shape index (κ2) is 2.86. The lowest BCUT2D eigenvalue weighted by molar-refractivity contribution is 0.123. The van der Waals surface area contributed by atoms with E-state index in [1.807, 2.05) is 14.0 Å². The highest BCUT2D eigenvalue weighted by atomic mass is 16.3. The summed E-state index contributed by atoms with van der Waals surface area (Å²) in [6, 6.07) is 0.157. The summed E-state index contributed by atoms with van der Waals surface area (Å²) in [6.45, 7) is 3.65. The summed E-state index contributed by atoms with van der Waals surface area (Å²) in [5, 5.41) is 9.23. The third-order valence-corrected chi connectivity index (χ3v) is 2.21. The fourth-order valence-electron chi connectivity index (χ4n) is 1.58. The lowest BCUT2D eigenvalue weighted by atomic mass is 9.99. The molecule has 1 rings (SSSR count). The zero-order valence-corrected chi connectivity index (χ0v) is 6.62. The monoisotopic (exact) mass is 144 g/mol. The van der Waals surface area contributed by atoms with Crippen LogP contribution >= 0.6 is 0 Å². The van der Waals surface area contributed by atoms with Gasteiger partial charge in [0.25, 0.3) is 0 Å². The van der Waals surface area contributed by atoms with Gasteiger partial charge in [-0.25, -0.2) is 0 Å². The number of nitrogens with two attached hydrogens (primary N) is 1. The first-order valence-electron chi connectivity index (χ1n) is 3.73. The fourth-order valence-corrected chi connectivity index (χ4v) is 1.58. The number of aliphatic hydroxyl groups excluding tert-OH is 1. The van der Waals surface area contributed by atoms with Crippen molar-refractivity contribution >= 4 is 0 Å². The van der Waals surface area contributed by atoms with Crippen LogP contribution in [-0.2, 0) is 0 Å². The summed E-state index contributed by atoms with van der Waals surface area (Å²) >= 11 is 0. The van der Waals surface area contributed by atoms with Gasteiger partial charge in [0.15, 0.2) is 0 Å². The summed E-state index contributed by atoms with van der Waals surface area (Å²) in [7, 11) is 2.03. The van der Waals surface area contributed by atoms with Gasteiger partial charge in [-0.3, -0.25) is 0 Å². The van der Waals surface area contributed by atoms with Crippen molar-refractivity contribution in [2.75, 3.05) is 20.1 Å². The van der Waals surface area contributed by atoms with E-state index in [0.717, 1.165) is 13.1 Å². The van der Waals surface area contributed by atoms with Crippen LogP contribution in [0.4, 0.5) is 0 Å². The molecular formula is C7H16N2O. The van der Waals surface area contributed by atoms with Crippen molar-refractivity contribution in [2.24, 2.45) is 11.7 Å². The van der Waals surface area contributed by atoms with Gasteiger partial charge < -0.3 is 15.7 Å². The number of hydrogen-bond acceptors (Lipinski definition) is 3. The van der Waals surface area contributed by atoms with Crippen molar-refractivity contribution in [3.63, 3.8) is 0 Å². The molecule has 1 aliphatic rings. The summed E-state index contributed by atoms with van der Waals surface area (Å²) in [4.78, 5) is 2.15. The topological polar surface area (TPSA) is 49.5 Å². The average Bonchev–Trinajstić information content (AvgIpc) is 2.10. The third kappa shape index (κ3) is 1.48. The number of hydrogen-bond donors (Lipinski definition) is 2. The van der Waals surface area contributed by atoms with Crippen LogP contribution < -0.4 is 5.73 Å². The smallest absolute Gasteiger partial charge is 0.0567 e. The molecule has 0 spiro atoms. The van der Waals surface area contributed by atoms with Crippen LogP contribution in [0.25, 0.3) is 0 Å². The van der Waals surface area contributed by atoms with Gasteiger partial charge in [-0.2, -0.15) is 0 Å². The molecule has 60 valence electrons. The number of likely N-dealkylation sites (tertiary alicyclic amines) is 1. The van der Waals surface area contributed by atoms with Crippen molar-refractivity contribution in [1.29, 1.82) is 0 Å². The van der Waals surface area contributed by atoms with E-state index in [0.29, 0.717) is 0 Å². The van der Waals surface area contributed by atoms with Crippen molar-refractivity contribution in [3.8, 4) is 0 Å². The van der Waals surface area contributed by atoms with Crippen molar-refractivity contribution in [1.82, 2.24) is 4.90 Å². The Morgan fingerprint density at radius 2 is 2.20 bits per heavy atom. The molecule has 3 heteroatoms. The fraction of sp³-hybridized carbons (Fsp3) is 1.00. The second-order valence-corrected chi connectivity index (χ2v) is 3.29. The normalized spacial score (nSPS) is 38.4. The van der Waals surface area contributed by atoms with Crippen LogP contribution in [0, 0.1) is 5.92 Å². The molecule has 3 nitrogen and oxygen atoms in total. The van der Waals surface area contributed by atoms with E-state index in [9.17, 15) is 5.11 Å². The van der Waals surface area contributed by atoms with Crippen LogP contribution in [0.15, 0.2) is 0 Å². The largest absolute Gasteiger partial charge is 0.393 e. The van der Waals surface area contributed by atoms with Gasteiger partial charge in [-0.05, 0) is 14.0 Å². The van der Waals surface area contributed by atoms with Crippen LogP contribution in [-0.4, -0.2) is 42.3 Å². The molecule has 1 aliphatic heterocycles. The molecule has 1 saturated heterocycles. The Hall–Kier alpha value is -0.120. The SMILES string of the molecule is C[C@H](O)[C@@H]1CN(C)C[C@@H]1N. The summed E-state index contributed by atoms with van der Waals surface area (Å²) < 4.78 is 0. The summed E-state index contributed by atoms with van der Waals surface area (Å²) in [6.07, 6.45) is -0.264. The molecule has 0 unspecified atom stereocenters. The Morgan fingerprint density at radius 1 is 1.60 bits per heavy atom. The highest BCUT2D eigenvalue weighted by Gasteiger charge is 2.30. The second-order valence-electron chi connectivity index (χ2n) is 3.29. The van der Waals surface area contributed by atoms with E-state index in [4.69, 9.17) is 5.73 Å². The molecule has 0 amide bonds. The van der Waals surface area contributed by atoms with Gasteiger partial charge in [0, 0.05) is 25.0 Å². The van der Waals surface area contributed by atoms with Crippen LogP contribution in [0.3, 0.4) is 0 Å². The van der Waals surface area contributed by atoms with Gasteiger partial charge in [-0.1, -0.05) is 0 Å². The van der Waals surface area contributed by atoms with E-state index >= 15 is 0 Å². The van der Waals surface area contributed by atoms with Gasteiger partial charge in [0.1, 0.15) is 0 Å². The average molecular weight is 144 g/mol. The van der Waals surface area contributed by atoms with Crippen molar-refractivity contribution in [3.05, 3.63) is 0 Å². The van der Waals surface area contributed by atoms with E-state index in [1.54, 1.807) is 0 Å². The molecule has 0 aromatic carbocycles. The lowest BCUT2D eigenvalue weighted by Crippen LogP contribution is -2.35. The molecule has 0 radical (unpaired) electrons. The Labute approximate surface area is 61.8 Å².